The molecule has 0 saturated carbocycles. The van der Waals surface area contributed by atoms with Crippen molar-refractivity contribution in [3.05, 3.63) is 70.5 Å². The van der Waals surface area contributed by atoms with E-state index >= 15 is 0 Å². The first-order chi connectivity index (χ1) is 11.6. The van der Waals surface area contributed by atoms with Gasteiger partial charge in [-0.25, -0.2) is 0 Å². The number of aliphatic hydroxyl groups excluding tert-OH is 1. The summed E-state index contributed by atoms with van der Waals surface area (Å²) in [7, 11) is 0. The molecule has 1 aliphatic rings. The van der Waals surface area contributed by atoms with Gasteiger partial charge in [0.25, 0.3) is 0 Å². The van der Waals surface area contributed by atoms with Gasteiger partial charge in [-0.1, -0.05) is 77.9 Å². The standard InChI is InChI=1S/C23H28O2/c1-22(2,3)16-13-17-20(24)19(12-15-10-8-7-9-11-15)25-21(17)18(14-16)23(4,5)6/h7-14,20,24H,1-6H3/b19-12-. The molecule has 2 aromatic carbocycles. The molecule has 2 aromatic rings. The molecule has 1 aliphatic heterocycles. The number of hydrogen-bond acceptors (Lipinski definition) is 2. The van der Waals surface area contributed by atoms with Crippen LogP contribution in [0.15, 0.2) is 48.2 Å². The fourth-order valence-corrected chi connectivity index (χ4v) is 3.11. The summed E-state index contributed by atoms with van der Waals surface area (Å²) in [6.07, 6.45) is 1.20. The Morgan fingerprint density at radius 3 is 2.12 bits per heavy atom. The van der Waals surface area contributed by atoms with Crippen molar-refractivity contribution < 1.29 is 9.84 Å². The molecule has 2 nitrogen and oxygen atoms in total. The third-order valence-corrected chi connectivity index (χ3v) is 4.68. The number of fused-ring (bicyclic) bond motifs is 1. The van der Waals surface area contributed by atoms with Crippen molar-refractivity contribution in [2.24, 2.45) is 0 Å². The van der Waals surface area contributed by atoms with Crippen LogP contribution >= 0.6 is 0 Å². The molecule has 0 aromatic heterocycles. The summed E-state index contributed by atoms with van der Waals surface area (Å²) in [6, 6.07) is 14.3. The van der Waals surface area contributed by atoms with Gasteiger partial charge in [-0.3, -0.25) is 0 Å². The number of hydrogen-bond donors (Lipinski definition) is 1. The van der Waals surface area contributed by atoms with Gasteiger partial charge in [-0.15, -0.1) is 0 Å². The molecule has 1 atom stereocenters. The van der Waals surface area contributed by atoms with Crippen LogP contribution in [0, 0.1) is 0 Å². The normalized spacial score (nSPS) is 19.0. The van der Waals surface area contributed by atoms with Crippen LogP contribution in [-0.4, -0.2) is 5.11 Å². The van der Waals surface area contributed by atoms with Crippen molar-refractivity contribution in [3.8, 4) is 5.75 Å². The van der Waals surface area contributed by atoms with Gasteiger partial charge >= 0.3 is 0 Å². The van der Waals surface area contributed by atoms with Crippen molar-refractivity contribution >= 4 is 6.08 Å². The second kappa shape index (κ2) is 6.03. The van der Waals surface area contributed by atoms with E-state index in [0.29, 0.717) is 5.76 Å². The molecule has 2 heteroatoms. The molecule has 1 N–H and O–H groups in total. The Morgan fingerprint density at radius 2 is 1.56 bits per heavy atom. The average molecular weight is 336 g/mol. The van der Waals surface area contributed by atoms with Crippen LogP contribution in [0.25, 0.3) is 6.08 Å². The van der Waals surface area contributed by atoms with Gasteiger partial charge in [-0.05, 0) is 34.1 Å². The summed E-state index contributed by atoms with van der Waals surface area (Å²) in [5, 5.41) is 10.9. The Hall–Kier alpha value is -2.06. The maximum Gasteiger partial charge on any atom is 0.140 e. The highest BCUT2D eigenvalue weighted by molar-refractivity contribution is 5.61. The summed E-state index contributed by atoms with van der Waals surface area (Å²) >= 11 is 0. The molecule has 0 saturated heterocycles. The molecule has 0 bridgehead atoms. The van der Waals surface area contributed by atoms with E-state index < -0.39 is 6.10 Å². The van der Waals surface area contributed by atoms with Crippen molar-refractivity contribution in [1.82, 2.24) is 0 Å². The van der Waals surface area contributed by atoms with Crippen molar-refractivity contribution in [3.63, 3.8) is 0 Å². The van der Waals surface area contributed by atoms with Gasteiger partial charge in [0.1, 0.15) is 17.6 Å². The summed E-state index contributed by atoms with van der Waals surface area (Å²) in [6.45, 7) is 13.1. The van der Waals surface area contributed by atoms with Crippen molar-refractivity contribution in [2.45, 2.75) is 58.5 Å². The third-order valence-electron chi connectivity index (χ3n) is 4.68. The molecule has 0 fully saturated rings. The Kier molecular flexibility index (Phi) is 4.28. The Bertz CT molecular complexity index is 802. The summed E-state index contributed by atoms with van der Waals surface area (Å²) < 4.78 is 6.16. The minimum Gasteiger partial charge on any atom is -0.458 e. The first-order valence-electron chi connectivity index (χ1n) is 8.89. The van der Waals surface area contributed by atoms with Crippen LogP contribution in [-0.2, 0) is 10.8 Å². The quantitative estimate of drug-likeness (QED) is 0.718. The number of benzene rings is 2. The van der Waals surface area contributed by atoms with Gasteiger partial charge in [0.15, 0.2) is 0 Å². The maximum absolute atomic E-state index is 10.9. The lowest BCUT2D eigenvalue weighted by molar-refractivity contribution is 0.193. The topological polar surface area (TPSA) is 29.5 Å². The zero-order valence-electron chi connectivity index (χ0n) is 16.1. The molecule has 3 rings (SSSR count). The molecular formula is C23H28O2. The van der Waals surface area contributed by atoms with E-state index in [4.69, 9.17) is 4.74 Å². The average Bonchev–Trinajstić information content (AvgIpc) is 2.82. The van der Waals surface area contributed by atoms with Gasteiger partial charge in [-0.2, -0.15) is 0 Å². The molecule has 1 unspecified atom stereocenters. The highest BCUT2D eigenvalue weighted by Crippen LogP contribution is 2.47. The van der Waals surface area contributed by atoms with Gasteiger partial charge in [0, 0.05) is 11.1 Å². The Labute approximate surface area is 151 Å². The number of rotatable bonds is 1. The van der Waals surface area contributed by atoms with Crippen LogP contribution in [0.2, 0.25) is 0 Å². The lowest BCUT2D eigenvalue weighted by Gasteiger charge is -2.27. The lowest BCUT2D eigenvalue weighted by atomic mass is 9.78. The zero-order chi connectivity index (χ0) is 18.4. The van der Waals surface area contributed by atoms with E-state index in [9.17, 15) is 5.11 Å². The number of aliphatic hydroxyl groups is 1. The fraction of sp³-hybridized carbons (Fsp3) is 0.391. The van der Waals surface area contributed by atoms with E-state index in [1.807, 2.05) is 36.4 Å². The van der Waals surface area contributed by atoms with Crippen LogP contribution in [0.4, 0.5) is 0 Å². The minimum absolute atomic E-state index is 0.0145. The summed E-state index contributed by atoms with van der Waals surface area (Å²) in [4.78, 5) is 0. The first-order valence-corrected chi connectivity index (χ1v) is 8.89. The predicted octanol–water partition coefficient (Wildman–Crippen LogP) is 5.75. The van der Waals surface area contributed by atoms with Gasteiger partial charge in [0.2, 0.25) is 0 Å². The molecule has 25 heavy (non-hydrogen) atoms. The van der Waals surface area contributed by atoms with Crippen LogP contribution in [0.5, 0.6) is 5.75 Å². The van der Waals surface area contributed by atoms with Crippen LogP contribution < -0.4 is 4.74 Å². The maximum atomic E-state index is 10.9. The van der Waals surface area contributed by atoms with Crippen molar-refractivity contribution in [2.75, 3.05) is 0 Å². The molecule has 1 heterocycles. The highest BCUT2D eigenvalue weighted by Gasteiger charge is 2.35. The first kappa shape index (κ1) is 17.8. The molecule has 0 aliphatic carbocycles. The molecule has 0 amide bonds. The smallest absolute Gasteiger partial charge is 0.140 e. The van der Waals surface area contributed by atoms with Crippen LogP contribution in [0.1, 0.15) is 69.9 Å². The second-order valence-corrected chi connectivity index (χ2v) is 8.90. The predicted molar refractivity (Wildman–Crippen MR) is 104 cm³/mol. The van der Waals surface area contributed by atoms with Crippen molar-refractivity contribution in [1.29, 1.82) is 0 Å². The van der Waals surface area contributed by atoms with Gasteiger partial charge in [0.05, 0.1) is 0 Å². The molecule has 0 spiro atoms. The minimum atomic E-state index is -0.724. The molecular weight excluding hydrogens is 308 g/mol. The fourth-order valence-electron chi connectivity index (χ4n) is 3.11. The summed E-state index contributed by atoms with van der Waals surface area (Å²) in [5.41, 5.74) is 4.22. The number of ether oxygens (including phenoxy) is 1. The molecule has 0 radical (unpaired) electrons. The monoisotopic (exact) mass is 336 g/mol. The molecule has 132 valence electrons. The van der Waals surface area contributed by atoms with E-state index in [0.717, 1.165) is 22.4 Å². The second-order valence-electron chi connectivity index (χ2n) is 8.90. The Morgan fingerprint density at radius 1 is 0.920 bits per heavy atom. The van der Waals surface area contributed by atoms with E-state index in [-0.39, 0.29) is 10.8 Å². The van der Waals surface area contributed by atoms with Gasteiger partial charge < -0.3 is 9.84 Å². The van der Waals surface area contributed by atoms with E-state index in [1.54, 1.807) is 0 Å². The largest absolute Gasteiger partial charge is 0.458 e. The zero-order valence-corrected chi connectivity index (χ0v) is 16.1. The summed E-state index contributed by atoms with van der Waals surface area (Å²) in [5.74, 6) is 1.41. The SMILES string of the molecule is CC(C)(C)c1cc2c(c(C(C)(C)C)c1)O/C(=C\c1ccccc1)C2O. The van der Waals surface area contributed by atoms with E-state index in [2.05, 4.69) is 53.7 Å². The van der Waals surface area contributed by atoms with E-state index in [1.165, 1.54) is 5.56 Å². The third kappa shape index (κ3) is 3.50. The highest BCUT2D eigenvalue weighted by atomic mass is 16.5. The van der Waals surface area contributed by atoms with Crippen LogP contribution in [0.3, 0.4) is 0 Å². The Balaban J connectivity index is 2.13. The lowest BCUT2D eigenvalue weighted by Crippen LogP contribution is -2.17.